The quantitative estimate of drug-likeness (QED) is 0.865. The first-order chi connectivity index (χ1) is 10.1. The van der Waals surface area contributed by atoms with E-state index in [1.54, 1.807) is 11.3 Å². The van der Waals surface area contributed by atoms with Crippen LogP contribution in [0.2, 0.25) is 0 Å². The number of nitrogens with zero attached hydrogens (tertiary/aromatic N) is 4. The molecule has 3 heterocycles. The van der Waals surface area contributed by atoms with Gasteiger partial charge in [0, 0.05) is 17.6 Å². The van der Waals surface area contributed by atoms with Crippen LogP contribution < -0.4 is 0 Å². The third kappa shape index (κ3) is 3.30. The largest absolute Gasteiger partial charge is 0.378 e. The molecule has 2 aromatic rings. The minimum Gasteiger partial charge on any atom is -0.378 e. The number of hydrogen-bond acceptors (Lipinski definition) is 7. The Kier molecular flexibility index (Phi) is 4.32. The Morgan fingerprint density at radius 3 is 3.00 bits per heavy atom. The van der Waals surface area contributed by atoms with Crippen molar-refractivity contribution in [3.8, 4) is 0 Å². The maximum atomic E-state index is 5.57. The maximum absolute atomic E-state index is 5.57. The van der Waals surface area contributed by atoms with Crippen molar-refractivity contribution in [2.75, 3.05) is 19.8 Å². The topological polar surface area (TPSA) is 64.3 Å². The number of thiazole rings is 1. The van der Waals surface area contributed by atoms with E-state index < -0.39 is 0 Å². The van der Waals surface area contributed by atoms with E-state index in [0.717, 1.165) is 24.7 Å². The lowest BCUT2D eigenvalue weighted by atomic mass is 10.2. The van der Waals surface area contributed by atoms with E-state index in [4.69, 9.17) is 9.26 Å². The van der Waals surface area contributed by atoms with Crippen molar-refractivity contribution < 1.29 is 9.26 Å². The molecule has 1 atom stereocenters. The molecule has 1 unspecified atom stereocenters. The molecule has 0 spiro atoms. The zero-order valence-electron chi connectivity index (χ0n) is 12.6. The molecule has 3 rings (SSSR count). The van der Waals surface area contributed by atoms with E-state index in [9.17, 15) is 0 Å². The Morgan fingerprint density at radius 1 is 1.48 bits per heavy atom. The second kappa shape index (κ2) is 6.21. The van der Waals surface area contributed by atoms with Gasteiger partial charge in [-0.2, -0.15) is 4.98 Å². The monoisotopic (exact) mass is 308 g/mol. The Labute approximate surface area is 128 Å². The molecule has 1 aliphatic heterocycles. The summed E-state index contributed by atoms with van der Waals surface area (Å²) in [4.78, 5) is 12.5. The molecule has 0 amide bonds. The van der Waals surface area contributed by atoms with Gasteiger partial charge in [-0.05, 0) is 12.8 Å². The van der Waals surface area contributed by atoms with Crippen LogP contribution in [0.5, 0.6) is 0 Å². The van der Waals surface area contributed by atoms with Gasteiger partial charge in [0.2, 0.25) is 5.89 Å². The van der Waals surface area contributed by atoms with Crippen LogP contribution in [-0.4, -0.2) is 39.8 Å². The van der Waals surface area contributed by atoms with Crippen LogP contribution in [0.1, 0.15) is 47.4 Å². The molecule has 7 heteroatoms. The fourth-order valence-corrected chi connectivity index (χ4v) is 3.29. The number of aromatic nitrogens is 3. The van der Waals surface area contributed by atoms with Gasteiger partial charge in [0.15, 0.2) is 5.82 Å². The van der Waals surface area contributed by atoms with Gasteiger partial charge < -0.3 is 9.26 Å². The SMILES string of the molecule is Cc1noc(C2COCCN2Cc2ncc(C(C)C)s2)n1. The van der Waals surface area contributed by atoms with Crippen LogP contribution in [0.25, 0.3) is 0 Å². The molecular weight excluding hydrogens is 288 g/mol. The molecule has 1 saturated heterocycles. The zero-order chi connectivity index (χ0) is 14.8. The van der Waals surface area contributed by atoms with Crippen molar-refractivity contribution in [2.24, 2.45) is 0 Å². The van der Waals surface area contributed by atoms with Crippen LogP contribution in [0.3, 0.4) is 0 Å². The van der Waals surface area contributed by atoms with Crippen LogP contribution in [0.4, 0.5) is 0 Å². The van der Waals surface area contributed by atoms with Gasteiger partial charge in [0.05, 0.1) is 19.8 Å². The molecule has 21 heavy (non-hydrogen) atoms. The van der Waals surface area contributed by atoms with Crippen LogP contribution in [0.15, 0.2) is 10.7 Å². The highest BCUT2D eigenvalue weighted by Gasteiger charge is 2.29. The molecule has 114 valence electrons. The van der Waals surface area contributed by atoms with Gasteiger partial charge >= 0.3 is 0 Å². The van der Waals surface area contributed by atoms with E-state index >= 15 is 0 Å². The highest BCUT2D eigenvalue weighted by molar-refractivity contribution is 7.11. The first kappa shape index (κ1) is 14.6. The zero-order valence-corrected chi connectivity index (χ0v) is 13.4. The summed E-state index contributed by atoms with van der Waals surface area (Å²) in [6.45, 7) is 9.18. The molecule has 1 fully saturated rings. The van der Waals surface area contributed by atoms with Gasteiger partial charge in [-0.3, -0.25) is 4.90 Å². The predicted octanol–water partition coefficient (Wildman–Crippen LogP) is 2.53. The second-order valence-electron chi connectivity index (χ2n) is 5.55. The minimum atomic E-state index is 0.0198. The van der Waals surface area contributed by atoms with Crippen molar-refractivity contribution >= 4 is 11.3 Å². The first-order valence-electron chi connectivity index (χ1n) is 7.20. The molecule has 0 saturated carbocycles. The Balaban J connectivity index is 1.74. The maximum Gasteiger partial charge on any atom is 0.246 e. The fourth-order valence-electron chi connectivity index (χ4n) is 2.34. The van der Waals surface area contributed by atoms with E-state index in [-0.39, 0.29) is 6.04 Å². The third-order valence-electron chi connectivity index (χ3n) is 3.55. The summed E-state index contributed by atoms with van der Waals surface area (Å²) in [6.07, 6.45) is 1.98. The summed E-state index contributed by atoms with van der Waals surface area (Å²) in [7, 11) is 0. The summed E-state index contributed by atoms with van der Waals surface area (Å²) in [5.41, 5.74) is 0. The standard InChI is InChI=1S/C14H20N4O2S/c1-9(2)12-6-15-13(21-12)7-18-4-5-19-8-11(18)14-16-10(3)17-20-14/h6,9,11H,4-5,7-8H2,1-3H3. The Hall–Kier alpha value is -1.31. The molecule has 2 aromatic heterocycles. The smallest absolute Gasteiger partial charge is 0.246 e. The Bertz CT molecular complexity index is 595. The van der Waals surface area contributed by atoms with Crippen molar-refractivity contribution in [1.82, 2.24) is 20.0 Å². The normalized spacial score (nSPS) is 20.3. The number of ether oxygens (including phenoxy) is 1. The molecule has 1 aliphatic rings. The fraction of sp³-hybridized carbons (Fsp3) is 0.643. The first-order valence-corrected chi connectivity index (χ1v) is 8.01. The third-order valence-corrected chi connectivity index (χ3v) is 4.83. The lowest BCUT2D eigenvalue weighted by Crippen LogP contribution is -2.39. The van der Waals surface area contributed by atoms with E-state index in [0.29, 0.717) is 24.2 Å². The average molecular weight is 308 g/mol. The predicted molar refractivity (Wildman–Crippen MR) is 79.2 cm³/mol. The second-order valence-corrected chi connectivity index (χ2v) is 6.70. The molecule has 0 N–H and O–H groups in total. The number of rotatable bonds is 4. The van der Waals surface area contributed by atoms with Crippen LogP contribution in [-0.2, 0) is 11.3 Å². The average Bonchev–Trinajstić information content (AvgIpc) is 3.09. The summed E-state index contributed by atoms with van der Waals surface area (Å²) < 4.78 is 10.9. The minimum absolute atomic E-state index is 0.0198. The molecule has 0 radical (unpaired) electrons. The molecule has 0 aliphatic carbocycles. The van der Waals surface area contributed by atoms with E-state index in [1.165, 1.54) is 4.88 Å². The van der Waals surface area contributed by atoms with Crippen molar-refractivity contribution in [2.45, 2.75) is 39.3 Å². The number of morpholine rings is 1. The van der Waals surface area contributed by atoms with Crippen molar-refractivity contribution in [1.29, 1.82) is 0 Å². The van der Waals surface area contributed by atoms with Gasteiger partial charge in [0.25, 0.3) is 0 Å². The summed E-state index contributed by atoms with van der Waals surface area (Å²) >= 11 is 1.78. The summed E-state index contributed by atoms with van der Waals surface area (Å²) in [5.74, 6) is 1.81. The summed E-state index contributed by atoms with van der Waals surface area (Å²) in [6, 6.07) is 0.0198. The Morgan fingerprint density at radius 2 is 2.33 bits per heavy atom. The highest BCUT2D eigenvalue weighted by atomic mass is 32.1. The molecular formula is C14H20N4O2S. The lowest BCUT2D eigenvalue weighted by molar-refractivity contribution is -0.0241. The molecule has 0 aromatic carbocycles. The number of hydrogen-bond donors (Lipinski definition) is 0. The van der Waals surface area contributed by atoms with Gasteiger partial charge in [0.1, 0.15) is 11.0 Å². The molecule has 0 bridgehead atoms. The van der Waals surface area contributed by atoms with E-state index in [2.05, 4.69) is 33.9 Å². The lowest BCUT2D eigenvalue weighted by Gasteiger charge is -2.32. The van der Waals surface area contributed by atoms with Crippen molar-refractivity contribution in [3.63, 3.8) is 0 Å². The van der Waals surface area contributed by atoms with Gasteiger partial charge in [-0.15, -0.1) is 11.3 Å². The van der Waals surface area contributed by atoms with Gasteiger partial charge in [-0.1, -0.05) is 19.0 Å². The van der Waals surface area contributed by atoms with Crippen molar-refractivity contribution in [3.05, 3.63) is 27.8 Å². The van der Waals surface area contributed by atoms with Crippen LogP contribution >= 0.6 is 11.3 Å². The molecule has 6 nitrogen and oxygen atoms in total. The highest BCUT2D eigenvalue weighted by Crippen LogP contribution is 2.28. The van der Waals surface area contributed by atoms with Gasteiger partial charge in [-0.25, -0.2) is 4.98 Å². The van der Waals surface area contributed by atoms with E-state index in [1.807, 2.05) is 13.1 Å². The number of aryl methyl sites for hydroxylation is 1. The van der Waals surface area contributed by atoms with Crippen LogP contribution in [0, 0.1) is 6.92 Å². The summed E-state index contributed by atoms with van der Waals surface area (Å²) in [5, 5.41) is 5.01.